The highest BCUT2D eigenvalue weighted by Gasteiger charge is 2.27. The molecule has 0 amide bonds. The van der Waals surface area contributed by atoms with E-state index in [-0.39, 0.29) is 0 Å². The molecule has 0 bridgehead atoms. The van der Waals surface area contributed by atoms with E-state index in [0.717, 1.165) is 0 Å². The second-order valence-corrected chi connectivity index (χ2v) is 10.9. The van der Waals surface area contributed by atoms with Crippen molar-refractivity contribution in [2.75, 3.05) is 0 Å². The summed E-state index contributed by atoms with van der Waals surface area (Å²) in [6.07, 6.45) is 0. The maximum absolute atomic E-state index is 3.65. The number of halogens is 1. The van der Waals surface area contributed by atoms with Crippen LogP contribution in [0.25, 0.3) is 4.91 Å². The normalized spacial score (nSPS) is 20.2. The molecule has 3 heterocycles. The summed E-state index contributed by atoms with van der Waals surface area (Å²) in [5.74, 6) is 0. The Morgan fingerprint density at radius 2 is 1.37 bits per heavy atom. The molecular formula is C13H11BrS5. The lowest BCUT2D eigenvalue weighted by atomic mass is 10.3. The van der Waals surface area contributed by atoms with E-state index in [2.05, 4.69) is 47.5 Å². The quantitative estimate of drug-likeness (QED) is 0.471. The van der Waals surface area contributed by atoms with Crippen molar-refractivity contribution in [1.82, 2.24) is 0 Å². The number of hydrogen-bond donors (Lipinski definition) is 0. The summed E-state index contributed by atoms with van der Waals surface area (Å²) in [7, 11) is 0. The fourth-order valence-corrected chi connectivity index (χ4v) is 8.83. The summed E-state index contributed by atoms with van der Waals surface area (Å²) in [5, 5.41) is 4.38. The number of allylic oxidation sites excluding steroid dienone is 3. The van der Waals surface area contributed by atoms with Crippen molar-refractivity contribution in [3.63, 3.8) is 0 Å². The van der Waals surface area contributed by atoms with E-state index in [1.54, 1.807) is 11.3 Å². The fourth-order valence-electron chi connectivity index (χ4n) is 1.67. The van der Waals surface area contributed by atoms with Crippen molar-refractivity contribution < 1.29 is 0 Å². The highest BCUT2D eigenvalue weighted by atomic mass is 79.9. The average molecular weight is 407 g/mol. The molecule has 0 N–H and O–H groups in total. The van der Waals surface area contributed by atoms with E-state index in [1.807, 2.05) is 47.0 Å². The summed E-state index contributed by atoms with van der Waals surface area (Å²) in [6.45, 7) is 6.64. The molecule has 0 unspecified atom stereocenters. The first-order chi connectivity index (χ1) is 9.06. The van der Waals surface area contributed by atoms with Crippen molar-refractivity contribution in [2.24, 2.45) is 0 Å². The first-order valence-electron chi connectivity index (χ1n) is 5.62. The van der Waals surface area contributed by atoms with Gasteiger partial charge in [-0.15, -0.1) is 0 Å². The van der Waals surface area contributed by atoms with Crippen LogP contribution in [0.1, 0.15) is 26.3 Å². The number of thioether (sulfide) groups is 4. The fraction of sp³-hybridized carbons (Fsp3) is 0.231. The molecule has 2 aliphatic heterocycles. The molecule has 100 valence electrons. The predicted molar refractivity (Wildman–Crippen MR) is 100 cm³/mol. The zero-order valence-electron chi connectivity index (χ0n) is 10.6. The maximum atomic E-state index is 3.65. The highest BCUT2D eigenvalue weighted by Crippen LogP contribution is 2.62. The van der Waals surface area contributed by atoms with E-state index in [9.17, 15) is 0 Å². The molecule has 1 aromatic rings. The van der Waals surface area contributed by atoms with Crippen molar-refractivity contribution in [2.45, 2.75) is 20.8 Å². The van der Waals surface area contributed by atoms with Crippen LogP contribution in [0.2, 0.25) is 0 Å². The smallest absolute Gasteiger partial charge is 0.0703 e. The first-order valence-corrected chi connectivity index (χ1v) is 10.6. The summed E-state index contributed by atoms with van der Waals surface area (Å²) >= 11 is 13.1. The lowest BCUT2D eigenvalue weighted by Gasteiger charge is -2.02. The summed E-state index contributed by atoms with van der Waals surface area (Å²) in [4.78, 5) is 5.70. The first kappa shape index (κ1) is 14.7. The third kappa shape index (κ3) is 2.90. The average Bonchev–Trinajstić information content (AvgIpc) is 3.01. The van der Waals surface area contributed by atoms with Gasteiger partial charge in [0.1, 0.15) is 0 Å². The van der Waals surface area contributed by atoms with Gasteiger partial charge in [-0.2, -0.15) is 11.3 Å². The van der Waals surface area contributed by atoms with E-state index in [4.69, 9.17) is 0 Å². The third-order valence-electron chi connectivity index (χ3n) is 2.77. The van der Waals surface area contributed by atoms with Crippen LogP contribution < -0.4 is 0 Å². The molecule has 0 nitrogen and oxygen atoms in total. The van der Waals surface area contributed by atoms with Crippen molar-refractivity contribution >= 4 is 79.2 Å². The van der Waals surface area contributed by atoms with Crippen molar-refractivity contribution in [1.29, 1.82) is 0 Å². The lowest BCUT2D eigenvalue weighted by molar-refractivity contribution is 1.57. The van der Waals surface area contributed by atoms with Gasteiger partial charge < -0.3 is 0 Å². The van der Waals surface area contributed by atoms with Crippen molar-refractivity contribution in [3.8, 4) is 0 Å². The third-order valence-corrected chi connectivity index (χ3v) is 10.3. The predicted octanol–water partition coefficient (Wildman–Crippen LogP) is 7.54. The number of hydrogen-bond acceptors (Lipinski definition) is 5. The Labute approximate surface area is 143 Å². The van der Waals surface area contributed by atoms with E-state index >= 15 is 0 Å². The van der Waals surface area contributed by atoms with Gasteiger partial charge in [0.05, 0.1) is 8.47 Å². The molecule has 2 aliphatic rings. The van der Waals surface area contributed by atoms with Crippen molar-refractivity contribution in [3.05, 3.63) is 44.0 Å². The molecule has 0 aromatic carbocycles. The van der Waals surface area contributed by atoms with Gasteiger partial charge in [-0.25, -0.2) is 0 Å². The topological polar surface area (TPSA) is 0 Å². The highest BCUT2D eigenvalue weighted by molar-refractivity contribution is 9.10. The van der Waals surface area contributed by atoms with Crippen LogP contribution in [-0.4, -0.2) is 0 Å². The molecule has 3 rings (SSSR count). The number of thiophene rings is 1. The molecule has 0 fully saturated rings. The van der Waals surface area contributed by atoms with E-state index in [1.165, 1.54) is 38.1 Å². The SMILES string of the molecule is CC1=C(C)SC(=C2SC(C)=C(c3cscc3Br)S2)S1. The Hall–Kier alpha value is 0.800. The molecule has 0 aliphatic carbocycles. The summed E-state index contributed by atoms with van der Waals surface area (Å²) < 4.78 is 4.10. The molecule has 0 saturated heterocycles. The zero-order chi connectivity index (χ0) is 13.6. The zero-order valence-corrected chi connectivity index (χ0v) is 16.2. The van der Waals surface area contributed by atoms with Gasteiger partial charge >= 0.3 is 0 Å². The van der Waals surface area contributed by atoms with Crippen LogP contribution in [0.15, 0.2) is 38.4 Å². The lowest BCUT2D eigenvalue weighted by Crippen LogP contribution is -1.74. The molecule has 0 radical (unpaired) electrons. The Morgan fingerprint density at radius 1 is 0.789 bits per heavy atom. The van der Waals surface area contributed by atoms with Gasteiger partial charge in [-0.3, -0.25) is 0 Å². The van der Waals surface area contributed by atoms with Crippen LogP contribution in [0.4, 0.5) is 0 Å². The Bertz CT molecular complexity index is 619. The van der Waals surface area contributed by atoms with Crippen LogP contribution in [0.3, 0.4) is 0 Å². The number of rotatable bonds is 1. The second kappa shape index (κ2) is 5.89. The van der Waals surface area contributed by atoms with Crippen LogP contribution in [0, 0.1) is 0 Å². The maximum Gasteiger partial charge on any atom is 0.0703 e. The largest absolute Gasteiger partial charge is 0.151 e. The minimum Gasteiger partial charge on any atom is -0.151 e. The molecule has 0 saturated carbocycles. The standard InChI is InChI=1S/C13H11BrS5/c1-6-7(2)17-12(16-6)13-18-8(3)11(19-13)9-4-15-5-10(9)14/h4-5H,1-3H3. The minimum absolute atomic E-state index is 1.21. The Morgan fingerprint density at radius 3 is 1.95 bits per heavy atom. The van der Waals surface area contributed by atoms with Gasteiger partial charge in [0, 0.05) is 30.6 Å². The molecule has 19 heavy (non-hydrogen) atoms. The molecule has 0 atom stereocenters. The van der Waals surface area contributed by atoms with Gasteiger partial charge in [-0.05, 0) is 46.5 Å². The van der Waals surface area contributed by atoms with Crippen LogP contribution in [-0.2, 0) is 0 Å². The Kier molecular flexibility index (Phi) is 4.57. The van der Waals surface area contributed by atoms with Gasteiger partial charge in [0.25, 0.3) is 0 Å². The monoisotopic (exact) mass is 406 g/mol. The van der Waals surface area contributed by atoms with Gasteiger partial charge in [0.15, 0.2) is 0 Å². The van der Waals surface area contributed by atoms with Crippen LogP contribution >= 0.6 is 74.3 Å². The summed E-state index contributed by atoms with van der Waals surface area (Å²) in [6, 6.07) is 0. The molecule has 6 heteroatoms. The molecule has 1 aromatic heterocycles. The second-order valence-electron chi connectivity index (χ2n) is 4.11. The molecular weight excluding hydrogens is 396 g/mol. The van der Waals surface area contributed by atoms with E-state index < -0.39 is 0 Å². The Balaban J connectivity index is 1.88. The van der Waals surface area contributed by atoms with Gasteiger partial charge in [0.2, 0.25) is 0 Å². The van der Waals surface area contributed by atoms with Gasteiger partial charge in [-0.1, -0.05) is 47.0 Å². The minimum atomic E-state index is 1.21. The van der Waals surface area contributed by atoms with E-state index in [0.29, 0.717) is 0 Å². The molecule has 0 spiro atoms. The summed E-state index contributed by atoms with van der Waals surface area (Å²) in [5.41, 5.74) is 1.34. The van der Waals surface area contributed by atoms with Crippen LogP contribution in [0.5, 0.6) is 0 Å².